The summed E-state index contributed by atoms with van der Waals surface area (Å²) in [5.41, 5.74) is 0. The molecule has 1 atom stereocenters. The molecule has 6 nitrogen and oxygen atoms in total. The van der Waals surface area contributed by atoms with Gasteiger partial charge >= 0.3 is 6.09 Å². The number of nitrogens with zero attached hydrogens (tertiary/aromatic N) is 1. The van der Waals surface area contributed by atoms with Crippen molar-refractivity contribution in [1.29, 1.82) is 0 Å². The molecule has 1 saturated carbocycles. The fourth-order valence-electron chi connectivity index (χ4n) is 2.02. The number of carbonyl (C=O) groups excluding carboxylic acids is 1. The first kappa shape index (κ1) is 12.9. The van der Waals surface area contributed by atoms with Crippen molar-refractivity contribution < 1.29 is 17.9 Å². The van der Waals surface area contributed by atoms with Gasteiger partial charge < -0.3 is 9.64 Å². The quantitative estimate of drug-likeness (QED) is 0.881. The Balaban J connectivity index is 1.57. The second kappa shape index (κ2) is 4.77. The number of hydrogen-bond donors (Lipinski definition) is 1. The summed E-state index contributed by atoms with van der Waals surface area (Å²) in [5.74, 6) is 0. The van der Waals surface area contributed by atoms with Gasteiger partial charge in [0, 0.05) is 12.6 Å². The van der Waals surface area contributed by atoms with Crippen LogP contribution in [-0.2, 0) is 14.8 Å². The molecule has 2 aliphatic rings. The summed E-state index contributed by atoms with van der Waals surface area (Å²) >= 11 is 1.16. The van der Waals surface area contributed by atoms with E-state index in [1.807, 2.05) is 0 Å². The van der Waals surface area contributed by atoms with E-state index in [-0.39, 0.29) is 16.8 Å². The number of sulfonamides is 1. The molecule has 1 aliphatic heterocycles. The van der Waals surface area contributed by atoms with Crippen LogP contribution in [0, 0.1) is 0 Å². The molecule has 2 heterocycles. The molecule has 1 amide bonds. The highest BCUT2D eigenvalue weighted by molar-refractivity contribution is 7.91. The first-order valence-electron chi connectivity index (χ1n) is 6.07. The fourth-order valence-corrected chi connectivity index (χ4v) is 4.13. The first-order valence-corrected chi connectivity index (χ1v) is 8.43. The predicted octanol–water partition coefficient (Wildman–Crippen LogP) is 1.01. The van der Waals surface area contributed by atoms with Gasteiger partial charge in [0.1, 0.15) is 10.3 Å². The number of carbonyl (C=O) groups is 1. The Bertz CT molecular complexity index is 566. The van der Waals surface area contributed by atoms with Crippen LogP contribution < -0.4 is 4.72 Å². The second-order valence-corrected chi connectivity index (χ2v) is 7.61. The third-order valence-electron chi connectivity index (χ3n) is 3.15. The molecule has 1 aliphatic carbocycles. The number of amides is 1. The lowest BCUT2D eigenvalue weighted by molar-refractivity contribution is 0.133. The Labute approximate surface area is 115 Å². The van der Waals surface area contributed by atoms with E-state index in [1.165, 1.54) is 0 Å². The van der Waals surface area contributed by atoms with E-state index in [4.69, 9.17) is 4.74 Å². The average molecular weight is 302 g/mol. The van der Waals surface area contributed by atoms with Crippen molar-refractivity contribution >= 4 is 27.5 Å². The molecule has 1 aromatic rings. The van der Waals surface area contributed by atoms with Crippen molar-refractivity contribution in [3.8, 4) is 0 Å². The molecule has 1 aromatic heterocycles. The van der Waals surface area contributed by atoms with Crippen molar-refractivity contribution in [2.45, 2.75) is 29.2 Å². The van der Waals surface area contributed by atoms with Crippen molar-refractivity contribution in [2.75, 3.05) is 13.1 Å². The molecule has 8 heteroatoms. The number of hydrogen-bond acceptors (Lipinski definition) is 5. The molecule has 19 heavy (non-hydrogen) atoms. The van der Waals surface area contributed by atoms with Gasteiger partial charge in [-0.2, -0.15) is 0 Å². The van der Waals surface area contributed by atoms with Crippen molar-refractivity contribution in [3.05, 3.63) is 17.5 Å². The molecule has 0 bridgehead atoms. The standard InChI is InChI=1S/C11H14N2O4S2/c14-11-13(8-3-4-8)7-9(17-11)6-12-19(15,16)10-2-1-5-18-10/h1-2,5,8-9,12H,3-4,6-7H2. The van der Waals surface area contributed by atoms with Gasteiger partial charge in [-0.15, -0.1) is 11.3 Å². The molecular formula is C11H14N2O4S2. The van der Waals surface area contributed by atoms with Crippen molar-refractivity contribution in [1.82, 2.24) is 9.62 Å². The first-order chi connectivity index (χ1) is 9.06. The maximum atomic E-state index is 11.9. The highest BCUT2D eigenvalue weighted by Gasteiger charge is 2.41. The molecule has 0 aromatic carbocycles. The van der Waals surface area contributed by atoms with Crippen LogP contribution in [0.25, 0.3) is 0 Å². The summed E-state index contributed by atoms with van der Waals surface area (Å²) in [6, 6.07) is 3.53. The summed E-state index contributed by atoms with van der Waals surface area (Å²) in [7, 11) is -3.49. The van der Waals surface area contributed by atoms with Gasteiger partial charge in [-0.05, 0) is 24.3 Å². The van der Waals surface area contributed by atoms with Crippen LogP contribution >= 0.6 is 11.3 Å². The number of rotatable bonds is 5. The van der Waals surface area contributed by atoms with E-state index >= 15 is 0 Å². The predicted molar refractivity (Wildman–Crippen MR) is 69.5 cm³/mol. The third-order valence-corrected chi connectivity index (χ3v) is 5.97. The Hall–Kier alpha value is -1.12. The normalized spacial score (nSPS) is 23.7. The van der Waals surface area contributed by atoms with Crippen LogP contribution in [-0.4, -0.2) is 44.6 Å². The lowest BCUT2D eigenvalue weighted by Crippen LogP contribution is -2.34. The van der Waals surface area contributed by atoms with Gasteiger partial charge in [0.05, 0.1) is 6.54 Å². The number of nitrogens with one attached hydrogen (secondary N) is 1. The largest absolute Gasteiger partial charge is 0.443 e. The highest BCUT2D eigenvalue weighted by Crippen LogP contribution is 2.30. The minimum Gasteiger partial charge on any atom is -0.443 e. The molecule has 0 radical (unpaired) electrons. The Morgan fingerprint density at radius 2 is 2.26 bits per heavy atom. The van der Waals surface area contributed by atoms with Gasteiger partial charge in [0.15, 0.2) is 0 Å². The lowest BCUT2D eigenvalue weighted by atomic mass is 10.3. The van der Waals surface area contributed by atoms with E-state index in [1.54, 1.807) is 22.4 Å². The maximum absolute atomic E-state index is 11.9. The van der Waals surface area contributed by atoms with Gasteiger partial charge in [-0.25, -0.2) is 17.9 Å². The van der Waals surface area contributed by atoms with Gasteiger partial charge in [-0.1, -0.05) is 6.07 Å². The van der Waals surface area contributed by atoms with Gasteiger partial charge in [0.25, 0.3) is 0 Å². The number of thiophene rings is 1. The zero-order valence-electron chi connectivity index (χ0n) is 10.1. The van der Waals surface area contributed by atoms with E-state index in [0.717, 1.165) is 24.2 Å². The zero-order valence-corrected chi connectivity index (χ0v) is 11.7. The molecular weight excluding hydrogens is 288 g/mol. The van der Waals surface area contributed by atoms with E-state index in [2.05, 4.69) is 4.72 Å². The highest BCUT2D eigenvalue weighted by atomic mass is 32.2. The van der Waals surface area contributed by atoms with Crippen molar-refractivity contribution in [2.24, 2.45) is 0 Å². The topological polar surface area (TPSA) is 75.7 Å². The summed E-state index contributed by atoms with van der Waals surface area (Å²) < 4.78 is 31.7. The van der Waals surface area contributed by atoms with Crippen LogP contribution in [0.1, 0.15) is 12.8 Å². The Morgan fingerprint density at radius 1 is 1.47 bits per heavy atom. The lowest BCUT2D eigenvalue weighted by Gasteiger charge is -2.11. The van der Waals surface area contributed by atoms with Crippen LogP contribution in [0.5, 0.6) is 0 Å². The summed E-state index contributed by atoms with van der Waals surface area (Å²) in [4.78, 5) is 13.2. The molecule has 104 valence electrons. The van der Waals surface area contributed by atoms with Gasteiger partial charge in [-0.3, -0.25) is 0 Å². The van der Waals surface area contributed by atoms with E-state index in [9.17, 15) is 13.2 Å². The average Bonchev–Trinajstić information content (AvgIpc) is 2.91. The molecule has 1 unspecified atom stereocenters. The molecule has 2 fully saturated rings. The summed E-state index contributed by atoms with van der Waals surface area (Å²) in [6.07, 6.45) is 1.30. The van der Waals surface area contributed by atoms with Crippen LogP contribution in [0.4, 0.5) is 4.79 Å². The van der Waals surface area contributed by atoms with Crippen LogP contribution in [0.2, 0.25) is 0 Å². The smallest absolute Gasteiger partial charge is 0.410 e. The number of ether oxygens (including phenoxy) is 1. The fraction of sp³-hybridized carbons (Fsp3) is 0.545. The minimum absolute atomic E-state index is 0.120. The van der Waals surface area contributed by atoms with Crippen LogP contribution in [0.3, 0.4) is 0 Å². The zero-order chi connectivity index (χ0) is 13.5. The maximum Gasteiger partial charge on any atom is 0.410 e. The SMILES string of the molecule is O=C1OC(CNS(=O)(=O)c2cccs2)CN1C1CC1. The molecule has 3 rings (SSSR count). The Kier molecular flexibility index (Phi) is 3.23. The Morgan fingerprint density at radius 3 is 2.89 bits per heavy atom. The van der Waals surface area contributed by atoms with Crippen LogP contribution in [0.15, 0.2) is 21.7 Å². The van der Waals surface area contributed by atoms with Gasteiger partial charge in [0.2, 0.25) is 10.0 Å². The molecule has 1 saturated heterocycles. The minimum atomic E-state index is -3.49. The third kappa shape index (κ3) is 2.75. The summed E-state index contributed by atoms with van der Waals surface area (Å²) in [6.45, 7) is 0.589. The molecule has 0 spiro atoms. The van der Waals surface area contributed by atoms with E-state index < -0.39 is 16.1 Å². The molecule has 1 N–H and O–H groups in total. The van der Waals surface area contributed by atoms with E-state index in [0.29, 0.717) is 12.6 Å². The van der Waals surface area contributed by atoms with Crippen molar-refractivity contribution in [3.63, 3.8) is 0 Å². The second-order valence-electron chi connectivity index (χ2n) is 4.67. The summed E-state index contributed by atoms with van der Waals surface area (Å²) in [5, 5.41) is 1.71. The number of cyclic esters (lactones) is 1. The monoisotopic (exact) mass is 302 g/mol.